The van der Waals surface area contributed by atoms with Crippen LogP contribution in [0.3, 0.4) is 0 Å². The number of hydrogen-bond acceptors (Lipinski definition) is 6. The second kappa shape index (κ2) is 7.71. The SMILES string of the molecule is COCCN1C(=O)NC2CC(c3nc(-c4ccc(C)cc4)no3)CCC2C1=O. The third-order valence-corrected chi connectivity index (χ3v) is 5.61. The van der Waals surface area contributed by atoms with Crippen molar-refractivity contribution < 1.29 is 18.8 Å². The Morgan fingerprint density at radius 1 is 1.25 bits per heavy atom. The molecule has 8 nitrogen and oxygen atoms in total. The molecule has 148 valence electrons. The second-order valence-corrected chi connectivity index (χ2v) is 7.48. The summed E-state index contributed by atoms with van der Waals surface area (Å²) >= 11 is 0. The molecule has 28 heavy (non-hydrogen) atoms. The fourth-order valence-electron chi connectivity index (χ4n) is 4.00. The molecule has 4 rings (SSSR count). The molecule has 0 radical (unpaired) electrons. The molecule has 1 saturated heterocycles. The molecule has 3 amide bonds. The Balaban J connectivity index is 1.45. The van der Waals surface area contributed by atoms with Crippen molar-refractivity contribution in [2.45, 2.75) is 38.1 Å². The largest absolute Gasteiger partial charge is 0.383 e. The van der Waals surface area contributed by atoms with Crippen molar-refractivity contribution in [1.82, 2.24) is 20.4 Å². The molecule has 2 aliphatic rings. The molecule has 3 atom stereocenters. The normalized spacial score (nSPS) is 24.8. The number of imide groups is 1. The van der Waals surface area contributed by atoms with Gasteiger partial charge in [-0.25, -0.2) is 4.79 Å². The van der Waals surface area contributed by atoms with Crippen LogP contribution in [0.5, 0.6) is 0 Å². The van der Waals surface area contributed by atoms with Crippen LogP contribution in [0.15, 0.2) is 28.8 Å². The molecular weight excluding hydrogens is 360 g/mol. The smallest absolute Gasteiger partial charge is 0.324 e. The average molecular weight is 384 g/mol. The van der Waals surface area contributed by atoms with E-state index in [-0.39, 0.29) is 36.4 Å². The molecular formula is C20H24N4O4. The first-order valence-electron chi connectivity index (χ1n) is 9.58. The van der Waals surface area contributed by atoms with Gasteiger partial charge in [0.05, 0.1) is 19.1 Å². The molecule has 2 aromatic rings. The fourth-order valence-corrected chi connectivity index (χ4v) is 4.00. The van der Waals surface area contributed by atoms with Gasteiger partial charge >= 0.3 is 6.03 Å². The van der Waals surface area contributed by atoms with E-state index in [4.69, 9.17) is 9.26 Å². The summed E-state index contributed by atoms with van der Waals surface area (Å²) in [6, 6.07) is 7.40. The molecule has 1 aromatic carbocycles. The number of aryl methyl sites for hydroxylation is 1. The molecule has 1 N–H and O–H groups in total. The van der Waals surface area contributed by atoms with E-state index in [2.05, 4.69) is 15.5 Å². The number of ether oxygens (including phenoxy) is 1. The Bertz CT molecular complexity index is 863. The second-order valence-electron chi connectivity index (χ2n) is 7.48. The van der Waals surface area contributed by atoms with Crippen LogP contribution in [0.25, 0.3) is 11.4 Å². The number of aromatic nitrogens is 2. The highest BCUT2D eigenvalue weighted by molar-refractivity contribution is 5.98. The molecule has 8 heteroatoms. The van der Waals surface area contributed by atoms with Crippen molar-refractivity contribution in [2.24, 2.45) is 5.92 Å². The molecule has 1 saturated carbocycles. The van der Waals surface area contributed by atoms with E-state index in [1.807, 2.05) is 31.2 Å². The predicted molar refractivity (Wildman–Crippen MR) is 100 cm³/mol. The van der Waals surface area contributed by atoms with Gasteiger partial charge in [0, 0.05) is 24.6 Å². The standard InChI is InChI=1S/C20H24N4O4/c1-12-3-5-13(6-4-12)17-22-18(28-23-17)14-7-8-15-16(11-14)21-20(26)24(19(15)25)9-10-27-2/h3-6,14-16H,7-11H2,1-2H3,(H,21,26). The van der Waals surface area contributed by atoms with Gasteiger partial charge in [-0.05, 0) is 26.2 Å². The first kappa shape index (κ1) is 18.6. The van der Waals surface area contributed by atoms with E-state index in [0.29, 0.717) is 31.2 Å². The van der Waals surface area contributed by atoms with E-state index in [1.54, 1.807) is 7.11 Å². The van der Waals surface area contributed by atoms with Crippen LogP contribution >= 0.6 is 0 Å². The van der Waals surface area contributed by atoms with E-state index in [1.165, 1.54) is 10.5 Å². The molecule has 0 spiro atoms. The van der Waals surface area contributed by atoms with Crippen molar-refractivity contribution in [2.75, 3.05) is 20.3 Å². The zero-order valence-electron chi connectivity index (χ0n) is 16.1. The predicted octanol–water partition coefficient (Wildman–Crippen LogP) is 2.50. The third kappa shape index (κ3) is 3.52. The molecule has 1 aliphatic heterocycles. The highest BCUT2D eigenvalue weighted by Crippen LogP contribution is 2.38. The van der Waals surface area contributed by atoms with Gasteiger partial charge in [-0.3, -0.25) is 9.69 Å². The molecule has 1 aromatic heterocycles. The molecule has 2 heterocycles. The number of carbonyl (C=O) groups excluding carboxylic acids is 2. The van der Waals surface area contributed by atoms with Crippen LogP contribution in [-0.2, 0) is 9.53 Å². The number of hydrogen-bond donors (Lipinski definition) is 1. The number of amides is 3. The number of urea groups is 1. The van der Waals surface area contributed by atoms with Crippen LogP contribution < -0.4 is 5.32 Å². The van der Waals surface area contributed by atoms with Gasteiger partial charge in [-0.1, -0.05) is 35.0 Å². The minimum atomic E-state index is -0.352. The summed E-state index contributed by atoms with van der Waals surface area (Å²) in [4.78, 5) is 30.8. The summed E-state index contributed by atoms with van der Waals surface area (Å²) in [5.74, 6) is 0.844. The van der Waals surface area contributed by atoms with Crippen molar-refractivity contribution in [3.63, 3.8) is 0 Å². The summed E-state index contributed by atoms with van der Waals surface area (Å²) in [5.41, 5.74) is 2.08. The Hall–Kier alpha value is -2.74. The van der Waals surface area contributed by atoms with E-state index < -0.39 is 0 Å². The number of fused-ring (bicyclic) bond motifs is 1. The minimum Gasteiger partial charge on any atom is -0.383 e. The lowest BCUT2D eigenvalue weighted by Gasteiger charge is -2.41. The first-order valence-corrected chi connectivity index (χ1v) is 9.58. The Morgan fingerprint density at radius 3 is 2.79 bits per heavy atom. The van der Waals surface area contributed by atoms with Crippen LogP contribution in [0.1, 0.15) is 36.6 Å². The summed E-state index contributed by atoms with van der Waals surface area (Å²) in [6.45, 7) is 2.64. The Kier molecular flexibility index (Phi) is 5.13. The number of carbonyl (C=O) groups is 2. The maximum Gasteiger partial charge on any atom is 0.324 e. The van der Waals surface area contributed by atoms with E-state index in [0.717, 1.165) is 12.0 Å². The molecule has 1 aliphatic carbocycles. The zero-order chi connectivity index (χ0) is 19.7. The highest BCUT2D eigenvalue weighted by Gasteiger charge is 2.45. The molecule has 0 bridgehead atoms. The fraction of sp³-hybridized carbons (Fsp3) is 0.500. The Labute approximate surface area is 163 Å². The van der Waals surface area contributed by atoms with E-state index >= 15 is 0 Å². The van der Waals surface area contributed by atoms with Gasteiger partial charge in [0.15, 0.2) is 0 Å². The molecule has 3 unspecified atom stereocenters. The monoisotopic (exact) mass is 384 g/mol. The van der Waals surface area contributed by atoms with E-state index in [9.17, 15) is 9.59 Å². The highest BCUT2D eigenvalue weighted by atomic mass is 16.5. The summed E-state index contributed by atoms with van der Waals surface area (Å²) in [7, 11) is 1.55. The van der Waals surface area contributed by atoms with Crippen molar-refractivity contribution in [3.05, 3.63) is 35.7 Å². The average Bonchev–Trinajstić information content (AvgIpc) is 3.18. The third-order valence-electron chi connectivity index (χ3n) is 5.61. The van der Waals surface area contributed by atoms with Crippen LogP contribution in [-0.4, -0.2) is 53.3 Å². The number of rotatable bonds is 5. The summed E-state index contributed by atoms with van der Waals surface area (Å²) in [6.07, 6.45) is 2.08. The maximum atomic E-state index is 12.7. The lowest BCUT2D eigenvalue weighted by molar-refractivity contribution is -0.137. The summed E-state index contributed by atoms with van der Waals surface area (Å²) < 4.78 is 10.5. The van der Waals surface area contributed by atoms with Gasteiger partial charge in [0.2, 0.25) is 17.6 Å². The van der Waals surface area contributed by atoms with Gasteiger partial charge in [0.25, 0.3) is 0 Å². The van der Waals surface area contributed by atoms with Crippen molar-refractivity contribution >= 4 is 11.9 Å². The molecule has 2 fully saturated rings. The maximum absolute atomic E-state index is 12.7. The van der Waals surface area contributed by atoms with Crippen LogP contribution in [0, 0.1) is 12.8 Å². The van der Waals surface area contributed by atoms with Crippen molar-refractivity contribution in [3.8, 4) is 11.4 Å². The van der Waals surface area contributed by atoms with Crippen LogP contribution in [0.4, 0.5) is 4.79 Å². The van der Waals surface area contributed by atoms with Gasteiger partial charge < -0.3 is 14.6 Å². The first-order chi connectivity index (χ1) is 13.6. The topological polar surface area (TPSA) is 97.6 Å². The van der Waals surface area contributed by atoms with Crippen LogP contribution in [0.2, 0.25) is 0 Å². The van der Waals surface area contributed by atoms with Crippen molar-refractivity contribution in [1.29, 1.82) is 0 Å². The van der Waals surface area contributed by atoms with Gasteiger partial charge in [0.1, 0.15) is 0 Å². The quantitative estimate of drug-likeness (QED) is 0.851. The number of nitrogens with zero attached hydrogens (tertiary/aromatic N) is 3. The minimum absolute atomic E-state index is 0.0339. The lowest BCUT2D eigenvalue weighted by Crippen LogP contribution is -2.61. The lowest BCUT2D eigenvalue weighted by atomic mass is 9.76. The van der Waals surface area contributed by atoms with Gasteiger partial charge in [-0.2, -0.15) is 4.98 Å². The number of nitrogens with one attached hydrogen (secondary N) is 1. The number of benzene rings is 1. The van der Waals surface area contributed by atoms with Gasteiger partial charge in [-0.15, -0.1) is 0 Å². The zero-order valence-corrected chi connectivity index (χ0v) is 16.1. The number of methoxy groups -OCH3 is 1. The summed E-state index contributed by atoms with van der Waals surface area (Å²) in [5, 5.41) is 7.08. The Morgan fingerprint density at radius 2 is 2.04 bits per heavy atom.